The Morgan fingerprint density at radius 3 is 2.26 bits per heavy atom. The van der Waals surface area contributed by atoms with Gasteiger partial charge in [0.25, 0.3) is 0 Å². The number of fused-ring (bicyclic) bond motifs is 2. The van der Waals surface area contributed by atoms with Gasteiger partial charge in [0.1, 0.15) is 17.6 Å². The van der Waals surface area contributed by atoms with E-state index in [1.807, 2.05) is 53.4 Å². The fourth-order valence-electron chi connectivity index (χ4n) is 5.01. The molecule has 6 rings (SSSR count). The van der Waals surface area contributed by atoms with E-state index in [0.29, 0.717) is 18.1 Å². The van der Waals surface area contributed by atoms with Gasteiger partial charge in [0.05, 0.1) is 38.3 Å². The molecule has 2 aromatic carbocycles. The average Bonchev–Trinajstić information content (AvgIpc) is 3.08. The summed E-state index contributed by atoms with van der Waals surface area (Å²) in [5.41, 5.74) is 1.95. The Bertz CT molecular complexity index is 996. The molecule has 162 valence electrons. The number of aliphatic hydroxyl groups is 1. The first-order chi connectivity index (χ1) is 15.0. The minimum Gasteiger partial charge on any atom is -0.497 e. The molecule has 8 heteroatoms. The molecule has 4 aliphatic rings. The molecule has 3 aliphatic heterocycles. The predicted octanol–water partition coefficient (Wildman–Crippen LogP) is 2.35. The number of carbonyl (C=O) groups is 1. The highest BCUT2D eigenvalue weighted by molar-refractivity contribution is 7.80. The minimum atomic E-state index is -0.694. The molecule has 7 nitrogen and oxygen atoms in total. The maximum Gasteiger partial charge on any atom is 0.311 e. The third-order valence-corrected chi connectivity index (χ3v) is 6.93. The number of benzene rings is 2. The molecule has 1 saturated carbocycles. The summed E-state index contributed by atoms with van der Waals surface area (Å²) in [5.74, 6) is 0.835. The molecule has 3 heterocycles. The number of methoxy groups -OCH3 is 2. The number of nitrogens with zero attached hydrogens (tertiary/aromatic N) is 2. The number of esters is 1. The molecule has 5 atom stereocenters. The standard InChI is InChI=1S/C23H24N2O5S/c1-28-15-7-3-13(4-8-15)12-24-20-19(17-11-18(26)21(20)30-22(17)27)25(23(24)31)14-5-9-16(29-2)10-6-14/h3-10,17-21,26H,11-12H2,1-2H3/t17-,18+,19+,20+,21-/m0/s1. The van der Waals surface area contributed by atoms with Crippen LogP contribution in [0, 0.1) is 5.92 Å². The number of carbonyl (C=O) groups excluding carboxylic acids is 1. The lowest BCUT2D eigenvalue weighted by atomic mass is 9.74. The fraction of sp³-hybridized carbons (Fsp3) is 0.391. The molecule has 1 aliphatic carbocycles. The van der Waals surface area contributed by atoms with Gasteiger partial charge in [-0.05, 0) is 60.6 Å². The molecule has 1 N–H and O–H groups in total. The molecule has 0 aromatic heterocycles. The van der Waals surface area contributed by atoms with Crippen molar-refractivity contribution in [1.29, 1.82) is 0 Å². The molecule has 3 saturated heterocycles. The topological polar surface area (TPSA) is 71.5 Å². The number of rotatable bonds is 5. The van der Waals surface area contributed by atoms with Crippen molar-refractivity contribution in [3.63, 3.8) is 0 Å². The monoisotopic (exact) mass is 440 g/mol. The molecular formula is C23H24N2O5S. The Morgan fingerprint density at radius 2 is 1.65 bits per heavy atom. The lowest BCUT2D eigenvalue weighted by Crippen LogP contribution is -2.66. The molecule has 2 bridgehead atoms. The van der Waals surface area contributed by atoms with Gasteiger partial charge >= 0.3 is 5.97 Å². The number of aliphatic hydroxyl groups excluding tert-OH is 1. The highest BCUT2D eigenvalue weighted by atomic mass is 32.1. The van der Waals surface area contributed by atoms with E-state index < -0.39 is 18.1 Å². The van der Waals surface area contributed by atoms with Crippen molar-refractivity contribution in [1.82, 2.24) is 4.90 Å². The van der Waals surface area contributed by atoms with E-state index in [2.05, 4.69) is 4.90 Å². The van der Waals surface area contributed by atoms with Crippen molar-refractivity contribution in [2.24, 2.45) is 5.92 Å². The van der Waals surface area contributed by atoms with E-state index in [-0.39, 0.29) is 18.1 Å². The van der Waals surface area contributed by atoms with E-state index in [4.69, 9.17) is 26.4 Å². The van der Waals surface area contributed by atoms with Gasteiger partial charge in [-0.2, -0.15) is 0 Å². The number of thiocarbonyl (C=S) groups is 1. The first-order valence-electron chi connectivity index (χ1n) is 10.3. The Balaban J connectivity index is 1.53. The van der Waals surface area contributed by atoms with Crippen LogP contribution in [0.4, 0.5) is 5.69 Å². The zero-order valence-corrected chi connectivity index (χ0v) is 18.1. The van der Waals surface area contributed by atoms with Crippen molar-refractivity contribution >= 4 is 29.0 Å². The first-order valence-corrected chi connectivity index (χ1v) is 10.7. The third-order valence-electron chi connectivity index (χ3n) is 6.50. The molecule has 0 spiro atoms. The zero-order valence-electron chi connectivity index (χ0n) is 17.3. The highest BCUT2D eigenvalue weighted by Crippen LogP contribution is 2.46. The lowest BCUT2D eigenvalue weighted by molar-refractivity contribution is -0.194. The summed E-state index contributed by atoms with van der Waals surface area (Å²) in [6, 6.07) is 15.1. The summed E-state index contributed by atoms with van der Waals surface area (Å²) in [6.45, 7) is 0.546. The molecule has 4 fully saturated rings. The summed E-state index contributed by atoms with van der Waals surface area (Å²) >= 11 is 5.93. The summed E-state index contributed by atoms with van der Waals surface area (Å²) in [5, 5.41) is 11.3. The van der Waals surface area contributed by atoms with Crippen molar-refractivity contribution in [3.05, 3.63) is 54.1 Å². The Morgan fingerprint density at radius 1 is 1.03 bits per heavy atom. The van der Waals surface area contributed by atoms with E-state index >= 15 is 0 Å². The molecule has 0 radical (unpaired) electrons. The van der Waals surface area contributed by atoms with Crippen LogP contribution in [0.15, 0.2) is 48.5 Å². The van der Waals surface area contributed by atoms with Crippen LogP contribution in [0.2, 0.25) is 0 Å². The molecule has 0 amide bonds. The number of hydrogen-bond donors (Lipinski definition) is 1. The third kappa shape index (κ3) is 3.21. The van der Waals surface area contributed by atoms with Gasteiger partial charge in [0, 0.05) is 12.2 Å². The van der Waals surface area contributed by atoms with E-state index in [0.717, 1.165) is 22.7 Å². The largest absolute Gasteiger partial charge is 0.497 e. The number of anilines is 1. The van der Waals surface area contributed by atoms with Crippen LogP contribution in [0.1, 0.15) is 12.0 Å². The summed E-state index contributed by atoms with van der Waals surface area (Å²) < 4.78 is 16.2. The second kappa shape index (κ2) is 7.69. The Kier molecular flexibility index (Phi) is 4.98. The molecular weight excluding hydrogens is 416 g/mol. The lowest BCUT2D eigenvalue weighted by Gasteiger charge is -2.49. The normalized spacial score (nSPS) is 29.1. The van der Waals surface area contributed by atoms with Gasteiger partial charge in [0.2, 0.25) is 0 Å². The second-order valence-corrected chi connectivity index (χ2v) is 8.48. The Labute approximate surface area is 186 Å². The number of hydrogen-bond acceptors (Lipinski definition) is 6. The summed E-state index contributed by atoms with van der Waals surface area (Å²) in [7, 11) is 3.26. The second-order valence-electron chi connectivity index (χ2n) is 8.12. The van der Waals surface area contributed by atoms with Crippen LogP contribution < -0.4 is 14.4 Å². The maximum absolute atomic E-state index is 12.6. The summed E-state index contributed by atoms with van der Waals surface area (Å²) in [4.78, 5) is 16.7. The predicted molar refractivity (Wildman–Crippen MR) is 118 cm³/mol. The fourth-order valence-corrected chi connectivity index (χ4v) is 5.43. The van der Waals surface area contributed by atoms with Crippen molar-refractivity contribution < 1.29 is 24.1 Å². The van der Waals surface area contributed by atoms with Crippen LogP contribution in [-0.4, -0.2) is 59.6 Å². The van der Waals surface area contributed by atoms with Crippen LogP contribution in [-0.2, 0) is 16.1 Å². The first kappa shape index (κ1) is 20.1. The smallest absolute Gasteiger partial charge is 0.311 e. The quantitative estimate of drug-likeness (QED) is 0.561. The minimum absolute atomic E-state index is 0.186. The van der Waals surface area contributed by atoms with Crippen LogP contribution in [0.5, 0.6) is 11.5 Å². The van der Waals surface area contributed by atoms with Crippen molar-refractivity contribution in [2.45, 2.75) is 37.3 Å². The van der Waals surface area contributed by atoms with Crippen molar-refractivity contribution in [3.8, 4) is 11.5 Å². The SMILES string of the molecule is COc1ccc(CN2C(=S)N(c3ccc(OC)cc3)[C@H]3[C@@H]2[C@H]2OC(=O)[C@H]3C[C@H]2O)cc1. The van der Waals surface area contributed by atoms with Crippen molar-refractivity contribution in [2.75, 3.05) is 19.1 Å². The summed E-state index contributed by atoms with van der Waals surface area (Å²) in [6.07, 6.45) is -0.918. The van der Waals surface area contributed by atoms with Crippen LogP contribution >= 0.6 is 12.2 Å². The Hall–Kier alpha value is -2.84. The van der Waals surface area contributed by atoms with Gasteiger partial charge in [-0.15, -0.1) is 0 Å². The van der Waals surface area contributed by atoms with E-state index in [1.54, 1.807) is 14.2 Å². The average molecular weight is 441 g/mol. The van der Waals surface area contributed by atoms with Gasteiger partial charge < -0.3 is 29.1 Å². The highest BCUT2D eigenvalue weighted by Gasteiger charge is 2.62. The number of ether oxygens (including phenoxy) is 3. The van der Waals surface area contributed by atoms with E-state index in [9.17, 15) is 9.90 Å². The van der Waals surface area contributed by atoms with Gasteiger partial charge in [-0.1, -0.05) is 12.1 Å². The van der Waals surface area contributed by atoms with Gasteiger partial charge in [0.15, 0.2) is 5.11 Å². The zero-order chi connectivity index (χ0) is 21.7. The maximum atomic E-state index is 12.6. The molecule has 31 heavy (non-hydrogen) atoms. The van der Waals surface area contributed by atoms with Crippen LogP contribution in [0.3, 0.4) is 0 Å². The molecule has 0 unspecified atom stereocenters. The molecule has 2 aromatic rings. The van der Waals surface area contributed by atoms with Gasteiger partial charge in [-0.25, -0.2) is 0 Å². The van der Waals surface area contributed by atoms with E-state index in [1.165, 1.54) is 0 Å². The van der Waals surface area contributed by atoms with Crippen LogP contribution in [0.25, 0.3) is 0 Å². The van der Waals surface area contributed by atoms with Gasteiger partial charge in [-0.3, -0.25) is 4.79 Å².